The average molecular weight is 382 g/mol. The molecule has 0 saturated heterocycles. The molecule has 0 radical (unpaired) electrons. The zero-order valence-corrected chi connectivity index (χ0v) is 15.2. The van der Waals surface area contributed by atoms with E-state index in [9.17, 15) is 19.5 Å². The Bertz CT molecular complexity index is 668. The zero-order chi connectivity index (χ0) is 19.1. The minimum atomic E-state index is -0.908. The SMILES string of the molecule is NCCC[C@H](NC(=O)c1cccc(Cl)c1)C(=O)N[C@H]1CCC[C@H]1C(=O)O. The second-order valence-corrected chi connectivity index (χ2v) is 6.89. The maximum absolute atomic E-state index is 12.6. The van der Waals surface area contributed by atoms with Crippen LogP contribution < -0.4 is 16.4 Å². The predicted octanol–water partition coefficient (Wildman–Crippen LogP) is 1.55. The summed E-state index contributed by atoms with van der Waals surface area (Å²) in [5, 5.41) is 15.2. The number of rotatable bonds is 8. The Labute approximate surface area is 157 Å². The van der Waals surface area contributed by atoms with Crippen molar-refractivity contribution >= 4 is 29.4 Å². The smallest absolute Gasteiger partial charge is 0.308 e. The van der Waals surface area contributed by atoms with Gasteiger partial charge in [-0.25, -0.2) is 0 Å². The molecule has 26 heavy (non-hydrogen) atoms. The van der Waals surface area contributed by atoms with E-state index in [-0.39, 0.29) is 5.91 Å². The molecule has 7 nitrogen and oxygen atoms in total. The Balaban J connectivity index is 2.04. The van der Waals surface area contributed by atoms with Gasteiger partial charge in [0.05, 0.1) is 5.92 Å². The normalized spacial score (nSPS) is 20.4. The monoisotopic (exact) mass is 381 g/mol. The molecule has 0 aliphatic heterocycles. The summed E-state index contributed by atoms with van der Waals surface area (Å²) in [5.41, 5.74) is 5.88. The van der Waals surface area contributed by atoms with E-state index < -0.39 is 29.9 Å². The minimum Gasteiger partial charge on any atom is -0.481 e. The molecule has 8 heteroatoms. The quantitative estimate of drug-likeness (QED) is 0.544. The predicted molar refractivity (Wildman–Crippen MR) is 97.9 cm³/mol. The van der Waals surface area contributed by atoms with E-state index in [4.69, 9.17) is 17.3 Å². The van der Waals surface area contributed by atoms with Gasteiger partial charge in [-0.15, -0.1) is 0 Å². The Morgan fingerprint density at radius 3 is 2.73 bits per heavy atom. The van der Waals surface area contributed by atoms with Crippen molar-refractivity contribution in [2.75, 3.05) is 6.54 Å². The lowest BCUT2D eigenvalue weighted by atomic mass is 10.0. The molecule has 0 spiro atoms. The molecule has 1 aliphatic rings. The van der Waals surface area contributed by atoms with Crippen LogP contribution in [0.1, 0.15) is 42.5 Å². The molecule has 142 valence electrons. The first-order chi connectivity index (χ1) is 12.4. The number of carbonyl (C=O) groups is 3. The van der Waals surface area contributed by atoms with Crippen molar-refractivity contribution in [1.29, 1.82) is 0 Å². The van der Waals surface area contributed by atoms with Gasteiger partial charge < -0.3 is 21.5 Å². The Morgan fingerprint density at radius 2 is 2.08 bits per heavy atom. The van der Waals surface area contributed by atoms with Gasteiger partial charge in [0, 0.05) is 16.6 Å². The molecule has 1 fully saturated rings. The van der Waals surface area contributed by atoms with Gasteiger partial charge in [0.2, 0.25) is 5.91 Å². The van der Waals surface area contributed by atoms with Crippen LogP contribution >= 0.6 is 11.6 Å². The second-order valence-electron chi connectivity index (χ2n) is 6.46. The van der Waals surface area contributed by atoms with Gasteiger partial charge in [-0.05, 0) is 50.4 Å². The first-order valence-corrected chi connectivity index (χ1v) is 9.10. The topological polar surface area (TPSA) is 122 Å². The third kappa shape index (κ3) is 5.44. The largest absolute Gasteiger partial charge is 0.481 e. The van der Waals surface area contributed by atoms with Crippen LogP contribution in [-0.4, -0.2) is 41.5 Å². The fraction of sp³-hybridized carbons (Fsp3) is 0.500. The number of carboxylic acid groups (broad SMARTS) is 1. The summed E-state index contributed by atoms with van der Waals surface area (Å²) in [4.78, 5) is 36.3. The summed E-state index contributed by atoms with van der Waals surface area (Å²) >= 11 is 5.90. The first-order valence-electron chi connectivity index (χ1n) is 8.72. The number of amides is 2. The molecule has 3 atom stereocenters. The van der Waals surface area contributed by atoms with Crippen molar-refractivity contribution in [1.82, 2.24) is 10.6 Å². The van der Waals surface area contributed by atoms with Crippen LogP contribution in [0.5, 0.6) is 0 Å². The molecule has 5 N–H and O–H groups in total. The lowest BCUT2D eigenvalue weighted by Gasteiger charge is -2.23. The van der Waals surface area contributed by atoms with Crippen molar-refractivity contribution in [3.63, 3.8) is 0 Å². The highest BCUT2D eigenvalue weighted by Crippen LogP contribution is 2.26. The fourth-order valence-corrected chi connectivity index (χ4v) is 3.36. The van der Waals surface area contributed by atoms with Gasteiger partial charge in [-0.2, -0.15) is 0 Å². The van der Waals surface area contributed by atoms with Crippen LogP contribution in [0.2, 0.25) is 5.02 Å². The van der Waals surface area contributed by atoms with Crippen LogP contribution in [0.15, 0.2) is 24.3 Å². The Kier molecular flexibility index (Phi) is 7.41. The number of hydrogen-bond donors (Lipinski definition) is 4. The maximum atomic E-state index is 12.6. The minimum absolute atomic E-state index is 0.354. The molecule has 2 rings (SSSR count). The van der Waals surface area contributed by atoms with Crippen LogP contribution in [0, 0.1) is 5.92 Å². The van der Waals surface area contributed by atoms with Crippen molar-refractivity contribution < 1.29 is 19.5 Å². The molecule has 1 aromatic rings. The average Bonchev–Trinajstić information content (AvgIpc) is 3.06. The van der Waals surface area contributed by atoms with Crippen molar-refractivity contribution in [3.05, 3.63) is 34.9 Å². The summed E-state index contributed by atoms with van der Waals surface area (Å²) in [6.45, 7) is 0.387. The van der Waals surface area contributed by atoms with Crippen molar-refractivity contribution in [2.24, 2.45) is 11.7 Å². The molecule has 1 aromatic carbocycles. The van der Waals surface area contributed by atoms with Crippen molar-refractivity contribution in [3.8, 4) is 0 Å². The van der Waals surface area contributed by atoms with E-state index in [0.29, 0.717) is 42.8 Å². The zero-order valence-electron chi connectivity index (χ0n) is 14.4. The summed E-state index contributed by atoms with van der Waals surface area (Å²) in [6.07, 6.45) is 2.85. The number of nitrogens with two attached hydrogens (primary N) is 1. The third-order valence-corrected chi connectivity index (χ3v) is 4.80. The van der Waals surface area contributed by atoms with Gasteiger partial charge in [0.1, 0.15) is 6.04 Å². The van der Waals surface area contributed by atoms with E-state index in [1.54, 1.807) is 18.2 Å². The molecule has 0 unspecified atom stereocenters. The number of aliphatic carboxylic acids is 1. The Hall–Kier alpha value is -2.12. The highest BCUT2D eigenvalue weighted by molar-refractivity contribution is 6.31. The summed E-state index contributed by atoms with van der Waals surface area (Å²) in [5.74, 6) is -2.29. The summed E-state index contributed by atoms with van der Waals surface area (Å²) in [6, 6.07) is 5.25. The van der Waals surface area contributed by atoms with Crippen LogP contribution in [0.25, 0.3) is 0 Å². The second kappa shape index (κ2) is 9.54. The molecule has 1 aliphatic carbocycles. The number of carbonyl (C=O) groups excluding carboxylic acids is 2. The molecular weight excluding hydrogens is 358 g/mol. The number of benzene rings is 1. The van der Waals surface area contributed by atoms with Crippen LogP contribution in [0.3, 0.4) is 0 Å². The molecule has 0 heterocycles. The molecule has 1 saturated carbocycles. The lowest BCUT2D eigenvalue weighted by molar-refractivity contribution is -0.142. The summed E-state index contributed by atoms with van der Waals surface area (Å²) in [7, 11) is 0. The van der Waals surface area contributed by atoms with Gasteiger partial charge in [0.25, 0.3) is 5.91 Å². The Morgan fingerprint density at radius 1 is 1.31 bits per heavy atom. The molecule has 0 aromatic heterocycles. The van der Waals surface area contributed by atoms with Gasteiger partial charge in [0.15, 0.2) is 0 Å². The maximum Gasteiger partial charge on any atom is 0.308 e. The van der Waals surface area contributed by atoms with Crippen LogP contribution in [-0.2, 0) is 9.59 Å². The number of carboxylic acids is 1. The van der Waals surface area contributed by atoms with E-state index in [1.165, 1.54) is 6.07 Å². The summed E-state index contributed by atoms with van der Waals surface area (Å²) < 4.78 is 0. The van der Waals surface area contributed by atoms with E-state index in [0.717, 1.165) is 6.42 Å². The lowest BCUT2D eigenvalue weighted by Crippen LogP contribution is -2.51. The number of halogens is 1. The first kappa shape index (κ1) is 20.2. The molecule has 2 amide bonds. The number of hydrogen-bond acceptors (Lipinski definition) is 4. The van der Waals surface area contributed by atoms with Crippen LogP contribution in [0.4, 0.5) is 0 Å². The van der Waals surface area contributed by atoms with Gasteiger partial charge in [-0.1, -0.05) is 24.1 Å². The van der Waals surface area contributed by atoms with E-state index >= 15 is 0 Å². The molecular formula is C18H24ClN3O4. The fourth-order valence-electron chi connectivity index (χ4n) is 3.17. The van der Waals surface area contributed by atoms with E-state index in [2.05, 4.69) is 10.6 Å². The van der Waals surface area contributed by atoms with Crippen molar-refractivity contribution in [2.45, 2.75) is 44.2 Å². The third-order valence-electron chi connectivity index (χ3n) is 4.57. The standard InChI is InChI=1S/C18H24ClN3O4/c19-12-5-1-4-11(10-12)16(23)22-15(8-3-9-20)17(24)21-14-7-2-6-13(14)18(25)26/h1,4-5,10,13-15H,2-3,6-9,20H2,(H,21,24)(H,22,23)(H,25,26)/t13-,14+,15+/m1/s1. The van der Waals surface area contributed by atoms with Gasteiger partial charge in [-0.3, -0.25) is 14.4 Å². The number of nitrogens with one attached hydrogen (secondary N) is 2. The van der Waals surface area contributed by atoms with Gasteiger partial charge >= 0.3 is 5.97 Å². The molecule has 0 bridgehead atoms. The highest BCUT2D eigenvalue weighted by Gasteiger charge is 2.35. The highest BCUT2D eigenvalue weighted by atomic mass is 35.5. The van der Waals surface area contributed by atoms with E-state index in [1.807, 2.05) is 0 Å².